The molecule has 0 aromatic heterocycles. The normalized spacial score (nSPS) is 12.1. The molecule has 0 spiro atoms. The first-order valence-corrected chi connectivity index (χ1v) is 45.4. The van der Waals surface area contributed by atoms with Gasteiger partial charge < -0.3 is 63.0 Å². The number of aryl methyl sites for hydroxylation is 4. The number of ketones is 1. The van der Waals surface area contributed by atoms with Gasteiger partial charge in [-0.25, -0.2) is 33.7 Å². The van der Waals surface area contributed by atoms with Gasteiger partial charge in [0.05, 0.1) is 74.3 Å². The van der Waals surface area contributed by atoms with Crippen molar-refractivity contribution in [2.24, 2.45) is 0 Å². The minimum Gasteiger partial charge on any atom is -0.506 e. The number of carbonyl (C=O) groups excluding carboxylic acids is 8. The number of anilines is 8. The monoisotopic (exact) mass is 1850 g/mol. The quantitative estimate of drug-likeness (QED) is 0.0224. The molecule has 0 aliphatic heterocycles. The molecule has 11 aromatic carbocycles. The Balaban J connectivity index is 0.000000209. The Hall–Kier alpha value is -13.5. The van der Waals surface area contributed by atoms with Crippen LogP contribution in [-0.4, -0.2) is 122 Å². The SMILES string of the molecule is CC(=O)C(Nc1cc(O)c(NC(=O)c2ccccc2)cc1Cl)S(=O)(=O)c1cccc(C)c1.CCC(C(=O)Nc1ccc(NC(=O)c2ccc(C#N)c(Cl)c2)c(O)c1)S(=O)(=O)c1cccc(C)c1.CCC(C(=O)Nc1ccc(NC(C)=O)c(O)c1)S(=O)(=O)c1cccc(C)c1.Cc1cccc(S(=O)(=O)C(C)C(=O)Nc2cc(O)c(NC(=O)c3ccccc3)cc2Cl)c1. The first-order valence-electron chi connectivity index (χ1n) is 38.0. The molecule has 36 heteroatoms. The number of nitrogens with zero attached hydrogens (tertiary/aromatic N) is 1. The number of carbonyl (C=O) groups is 8. The van der Waals surface area contributed by atoms with E-state index in [2.05, 4.69) is 42.5 Å². The highest BCUT2D eigenvalue weighted by molar-refractivity contribution is 7.93. The number of benzene rings is 11. The van der Waals surface area contributed by atoms with Crippen molar-refractivity contribution in [1.29, 1.82) is 5.26 Å². The van der Waals surface area contributed by atoms with Gasteiger partial charge in [-0.05, 0) is 204 Å². The molecule has 4 unspecified atom stereocenters. The number of hydrogen-bond acceptors (Lipinski definition) is 22. The molecule has 12 N–H and O–H groups in total. The molecular weight excluding hydrogens is 1760 g/mol. The van der Waals surface area contributed by atoms with Crippen LogP contribution in [0.15, 0.2) is 256 Å². The first-order chi connectivity index (χ1) is 59.4. The molecule has 0 bridgehead atoms. The number of rotatable bonds is 26. The third kappa shape index (κ3) is 25.6. The van der Waals surface area contributed by atoms with Crippen LogP contribution in [0.25, 0.3) is 0 Å². The van der Waals surface area contributed by atoms with E-state index in [1.165, 1.54) is 129 Å². The van der Waals surface area contributed by atoms with Gasteiger partial charge in [-0.2, -0.15) is 5.26 Å². The number of halogens is 3. The number of hydrogen-bond donors (Lipinski definition) is 12. The van der Waals surface area contributed by atoms with Gasteiger partial charge in [0.2, 0.25) is 33.5 Å². The van der Waals surface area contributed by atoms with Crippen molar-refractivity contribution in [3.8, 4) is 29.1 Å². The van der Waals surface area contributed by atoms with Crippen molar-refractivity contribution >= 4 is 167 Å². The van der Waals surface area contributed by atoms with Crippen molar-refractivity contribution < 1.29 is 92.5 Å². The lowest BCUT2D eigenvalue weighted by molar-refractivity contribution is -0.117. The van der Waals surface area contributed by atoms with E-state index in [4.69, 9.17) is 40.1 Å². The summed E-state index contributed by atoms with van der Waals surface area (Å²) in [6, 6.07) is 61.0. The number of sulfone groups is 4. The first kappa shape index (κ1) is 98.0. The molecule has 7 amide bonds. The standard InChI is InChI=1S/C25H22ClN3O5S.2C23H21ClN2O5S.C19H22N2O5S/c1-3-23(35(33,34)19-6-4-5-15(2)11-19)25(32)28-18-9-10-21(22(30)13-18)29-24(31)16-7-8-17(14-27)20(26)12-16;1-14-7-6-10-17(11-14)32(30,31)23(15(2)27)26-19-13-21(28)20(12-18(19)24)25-22(29)16-8-4-3-5-9-16;1-14-7-6-10-17(11-14)32(30,31)15(2)22(28)25-19-13-21(27)20(12-18(19)24)26-23(29)16-8-4-3-5-9-16;1-4-18(27(25,26)15-7-5-6-12(2)10-15)19(24)21-14-8-9-16(17(23)11-14)20-13(3)22/h4-13,23,30H,3H2,1-2H3,(H,28,32)(H,29,31);3-13,23,26,28H,1-2H3,(H,25,29);3-13,15,27H,1-2H3,(H,25,28)(H,26,29);5-11,18,23H,4H2,1-3H3,(H,20,22)(H,21,24). The van der Waals surface area contributed by atoms with E-state index in [1.54, 1.807) is 151 Å². The maximum Gasteiger partial charge on any atom is 0.255 e. The predicted octanol–water partition coefficient (Wildman–Crippen LogP) is 16.3. The van der Waals surface area contributed by atoms with Gasteiger partial charge in [0, 0.05) is 59.3 Å². The number of phenolic OH excluding ortho intramolecular Hbond substituents is 4. The number of nitrogens with one attached hydrogen (secondary N) is 8. The second-order valence-electron chi connectivity index (χ2n) is 28.2. The Bertz CT molecular complexity index is 6530. The second kappa shape index (κ2) is 43.2. The lowest BCUT2D eigenvalue weighted by Gasteiger charge is -2.20. The number of aromatic hydroxyl groups is 4. The molecule has 11 aromatic rings. The largest absolute Gasteiger partial charge is 0.506 e. The lowest BCUT2D eigenvalue weighted by Crippen LogP contribution is -2.36. The van der Waals surface area contributed by atoms with E-state index in [-0.39, 0.29) is 133 Å². The summed E-state index contributed by atoms with van der Waals surface area (Å²) in [7, 11) is -15.8. The highest BCUT2D eigenvalue weighted by Crippen LogP contribution is 2.39. The summed E-state index contributed by atoms with van der Waals surface area (Å²) in [5, 5.41) is 64.5. The molecule has 4 atom stereocenters. The smallest absolute Gasteiger partial charge is 0.255 e. The molecule has 656 valence electrons. The van der Waals surface area contributed by atoms with E-state index >= 15 is 0 Å². The minimum atomic E-state index is -4.09. The van der Waals surface area contributed by atoms with Gasteiger partial charge in [0.1, 0.15) is 44.8 Å². The Morgan fingerprint density at radius 2 is 0.722 bits per heavy atom. The van der Waals surface area contributed by atoms with Crippen LogP contribution in [0, 0.1) is 39.0 Å². The summed E-state index contributed by atoms with van der Waals surface area (Å²) in [4.78, 5) is 98.6. The van der Waals surface area contributed by atoms with Crippen LogP contribution in [0.4, 0.5) is 45.5 Å². The van der Waals surface area contributed by atoms with Crippen LogP contribution in [0.1, 0.15) is 106 Å². The fourth-order valence-corrected chi connectivity index (χ4v) is 19.0. The van der Waals surface area contributed by atoms with Crippen LogP contribution in [0.2, 0.25) is 15.1 Å². The zero-order valence-corrected chi connectivity index (χ0v) is 74.3. The average molecular weight is 1850 g/mol. The summed E-state index contributed by atoms with van der Waals surface area (Å²) >= 11 is 18.4. The minimum absolute atomic E-state index is 0.0110. The zero-order chi connectivity index (χ0) is 92.9. The molecule has 0 radical (unpaired) electrons. The van der Waals surface area contributed by atoms with Crippen LogP contribution < -0.4 is 42.5 Å². The number of phenols is 4. The molecule has 0 fully saturated rings. The zero-order valence-electron chi connectivity index (χ0n) is 68.8. The summed E-state index contributed by atoms with van der Waals surface area (Å²) in [5.41, 5.74) is 4.94. The summed E-state index contributed by atoms with van der Waals surface area (Å²) in [6.07, 6.45) is 0.146. The van der Waals surface area contributed by atoms with Gasteiger partial charge in [0.25, 0.3) is 17.7 Å². The van der Waals surface area contributed by atoms with Gasteiger partial charge >= 0.3 is 0 Å². The van der Waals surface area contributed by atoms with Gasteiger partial charge in [-0.15, -0.1) is 0 Å². The van der Waals surface area contributed by atoms with E-state index in [1.807, 2.05) is 6.07 Å². The Labute approximate surface area is 742 Å². The summed E-state index contributed by atoms with van der Waals surface area (Å²) in [5.74, 6) is -5.99. The predicted molar refractivity (Wildman–Crippen MR) is 485 cm³/mol. The van der Waals surface area contributed by atoms with E-state index < -0.39 is 102 Å². The van der Waals surface area contributed by atoms with E-state index in [0.29, 0.717) is 11.1 Å². The topological polar surface area (TPSA) is 474 Å². The van der Waals surface area contributed by atoms with Crippen LogP contribution in [-0.2, 0) is 63.3 Å². The molecule has 0 aliphatic rings. The highest BCUT2D eigenvalue weighted by atomic mass is 35.5. The van der Waals surface area contributed by atoms with Gasteiger partial charge in [0.15, 0.2) is 40.7 Å². The van der Waals surface area contributed by atoms with Crippen molar-refractivity contribution in [1.82, 2.24) is 0 Å². The third-order valence-electron chi connectivity index (χ3n) is 18.6. The summed E-state index contributed by atoms with van der Waals surface area (Å²) < 4.78 is 103. The molecule has 0 saturated heterocycles. The van der Waals surface area contributed by atoms with Gasteiger partial charge in [-0.1, -0.05) is 134 Å². The molecule has 11 rings (SSSR count). The Morgan fingerprint density at radius 3 is 1.10 bits per heavy atom. The van der Waals surface area contributed by atoms with Crippen LogP contribution in [0.5, 0.6) is 23.0 Å². The van der Waals surface area contributed by atoms with Crippen molar-refractivity contribution in [2.75, 3.05) is 42.5 Å². The molecular formula is C90H86Cl3N9O20S4. The molecule has 0 aliphatic carbocycles. The number of amides is 7. The molecule has 0 heterocycles. The van der Waals surface area contributed by atoms with Crippen LogP contribution in [0.3, 0.4) is 0 Å². The van der Waals surface area contributed by atoms with Crippen molar-refractivity contribution in [3.05, 3.63) is 296 Å². The molecule has 0 saturated carbocycles. The molecule has 29 nitrogen and oxygen atoms in total. The maximum absolute atomic E-state index is 13.1. The van der Waals surface area contributed by atoms with E-state index in [9.17, 15) is 92.5 Å². The molecule has 126 heavy (non-hydrogen) atoms. The number of nitriles is 1. The average Bonchev–Trinajstić information content (AvgIpc) is 0.797. The van der Waals surface area contributed by atoms with Crippen molar-refractivity contribution in [2.45, 2.75) is 116 Å². The van der Waals surface area contributed by atoms with Gasteiger partial charge in [-0.3, -0.25) is 38.4 Å². The number of Topliss-reactive ketones (excluding diaryl/α,β-unsaturated/α-hetero) is 1. The third-order valence-corrected chi connectivity index (χ3v) is 28.0. The Kier molecular flexibility index (Phi) is 33.6. The van der Waals surface area contributed by atoms with E-state index in [0.717, 1.165) is 41.3 Å². The highest BCUT2D eigenvalue weighted by Gasteiger charge is 2.37. The lowest BCUT2D eigenvalue weighted by atomic mass is 10.1. The summed E-state index contributed by atoms with van der Waals surface area (Å²) in [6.45, 7) is 14.0. The Morgan fingerprint density at radius 1 is 0.357 bits per heavy atom. The maximum atomic E-state index is 13.1. The fourth-order valence-electron chi connectivity index (χ4n) is 11.9. The second-order valence-corrected chi connectivity index (χ2v) is 38.0. The van der Waals surface area contributed by atoms with Crippen LogP contribution >= 0.6 is 34.8 Å². The fraction of sp³-hybridized carbons (Fsp3) is 0.167. The van der Waals surface area contributed by atoms with Crippen molar-refractivity contribution in [3.63, 3.8) is 0 Å².